The van der Waals surface area contributed by atoms with Gasteiger partial charge in [-0.2, -0.15) is 4.72 Å². The van der Waals surface area contributed by atoms with Crippen molar-refractivity contribution in [3.05, 3.63) is 76.7 Å². The zero-order valence-corrected chi connectivity index (χ0v) is 19.5. The minimum Gasteiger partial charge on any atom is -0.492 e. The van der Waals surface area contributed by atoms with Crippen LogP contribution in [0.5, 0.6) is 5.75 Å². The predicted molar refractivity (Wildman–Crippen MR) is 128 cm³/mol. The van der Waals surface area contributed by atoms with Crippen LogP contribution >= 0.6 is 0 Å². The number of aromatic nitrogens is 1. The molecule has 5 N–H and O–H groups in total. The minimum absolute atomic E-state index is 0.00155. The smallest absolute Gasteiger partial charge is 0.323 e. The van der Waals surface area contributed by atoms with E-state index in [9.17, 15) is 27.9 Å². The number of sulfonamides is 1. The van der Waals surface area contributed by atoms with Crippen LogP contribution < -0.4 is 26.1 Å². The molecule has 0 bridgehead atoms. The van der Waals surface area contributed by atoms with E-state index in [1.54, 1.807) is 18.2 Å². The van der Waals surface area contributed by atoms with Crippen LogP contribution in [0.1, 0.15) is 23.2 Å². The average molecular weight is 503 g/mol. The minimum atomic E-state index is -4.12. The lowest BCUT2D eigenvalue weighted by molar-refractivity contribution is -0.138. The number of carboxylic acids is 1. The first-order chi connectivity index (χ1) is 16.7. The Morgan fingerprint density at radius 2 is 1.83 bits per heavy atom. The van der Waals surface area contributed by atoms with E-state index in [2.05, 4.69) is 10.0 Å². The number of unbranched alkanes of at least 4 members (excludes halogenated alkanes) is 1. The molecule has 12 heteroatoms. The quantitative estimate of drug-likeness (QED) is 0.261. The fraction of sp³-hybridized carbons (Fsp3) is 0.261. The van der Waals surface area contributed by atoms with Crippen LogP contribution in [0.3, 0.4) is 0 Å². The number of benzene rings is 1. The third-order valence-electron chi connectivity index (χ3n) is 5.02. The number of carbonyl (C=O) groups is 2. The molecule has 0 spiro atoms. The summed E-state index contributed by atoms with van der Waals surface area (Å²) < 4.78 is 33.8. The Balaban J connectivity index is 1.70. The van der Waals surface area contributed by atoms with Gasteiger partial charge in [-0.1, -0.05) is 18.2 Å². The molecule has 0 saturated carbocycles. The molecule has 0 aliphatic rings. The molecular formula is C23H26N4O7S. The van der Waals surface area contributed by atoms with E-state index >= 15 is 0 Å². The monoisotopic (exact) mass is 502 g/mol. The maximum Gasteiger partial charge on any atom is 0.323 e. The Kier molecular flexibility index (Phi) is 8.58. The van der Waals surface area contributed by atoms with Crippen molar-refractivity contribution < 1.29 is 27.9 Å². The molecule has 3 rings (SSSR count). The van der Waals surface area contributed by atoms with Crippen molar-refractivity contribution in [2.24, 2.45) is 5.73 Å². The molecule has 2 aromatic heterocycles. The number of pyridine rings is 2. The molecule has 1 aromatic carbocycles. The number of aliphatic carboxylic acids is 1. The van der Waals surface area contributed by atoms with Crippen LogP contribution in [-0.2, 0) is 14.8 Å². The van der Waals surface area contributed by atoms with Crippen LogP contribution in [0.2, 0.25) is 0 Å². The highest BCUT2D eigenvalue weighted by Crippen LogP contribution is 2.14. The lowest BCUT2D eigenvalue weighted by Crippen LogP contribution is -2.48. The molecular weight excluding hydrogens is 476 g/mol. The predicted octanol–water partition coefficient (Wildman–Crippen LogP) is 0.579. The van der Waals surface area contributed by atoms with E-state index < -0.39 is 40.0 Å². The van der Waals surface area contributed by atoms with Crippen LogP contribution in [0, 0.1) is 0 Å². The molecule has 0 aliphatic heterocycles. The van der Waals surface area contributed by atoms with Gasteiger partial charge in [0.25, 0.3) is 11.5 Å². The number of ether oxygens (including phenoxy) is 1. The SMILES string of the molecule is NCCCCOc1ccc2cc(C(=O)NCC(NS(=O)(=O)c3ccccc3)C(=O)O)cc(=O)n2c1. The summed E-state index contributed by atoms with van der Waals surface area (Å²) >= 11 is 0. The van der Waals surface area contributed by atoms with E-state index in [0.717, 1.165) is 18.9 Å². The highest BCUT2D eigenvalue weighted by atomic mass is 32.2. The average Bonchev–Trinajstić information content (AvgIpc) is 2.84. The van der Waals surface area contributed by atoms with Crippen molar-refractivity contribution in [2.45, 2.75) is 23.8 Å². The van der Waals surface area contributed by atoms with E-state index in [1.165, 1.54) is 40.9 Å². The molecule has 1 unspecified atom stereocenters. The number of hydrogen-bond acceptors (Lipinski definition) is 7. The van der Waals surface area contributed by atoms with Gasteiger partial charge in [0.05, 0.1) is 17.7 Å². The Morgan fingerprint density at radius 1 is 1.09 bits per heavy atom. The number of amides is 1. The largest absolute Gasteiger partial charge is 0.492 e. The van der Waals surface area contributed by atoms with E-state index in [0.29, 0.717) is 24.4 Å². The first-order valence-corrected chi connectivity index (χ1v) is 12.3. The van der Waals surface area contributed by atoms with Gasteiger partial charge in [-0.05, 0) is 49.7 Å². The first-order valence-electron chi connectivity index (χ1n) is 10.8. The molecule has 2 heterocycles. The summed E-state index contributed by atoms with van der Waals surface area (Å²) in [6.07, 6.45) is 3.12. The third-order valence-corrected chi connectivity index (χ3v) is 6.51. The Bertz CT molecular complexity index is 1360. The topological polar surface area (TPSA) is 169 Å². The Labute approximate surface area is 201 Å². The lowest BCUT2D eigenvalue weighted by Gasteiger charge is -2.16. The standard InChI is InChI=1S/C23H26N4O7S/c24-10-4-5-11-34-18-9-8-17-12-16(13-21(28)27(17)15-18)22(29)25-14-20(23(30)31)26-35(32,33)19-6-2-1-3-7-19/h1-3,6-9,12-13,15,20,26H,4-5,10-11,14,24H2,(H,25,29)(H,30,31). The van der Waals surface area contributed by atoms with E-state index in [1.807, 2.05) is 0 Å². The summed E-state index contributed by atoms with van der Waals surface area (Å²) in [6, 6.07) is 11.5. The second-order valence-electron chi connectivity index (χ2n) is 7.62. The number of rotatable bonds is 12. The number of carbonyl (C=O) groups excluding carboxylic acids is 1. The Morgan fingerprint density at radius 3 is 2.51 bits per heavy atom. The zero-order chi connectivity index (χ0) is 25.4. The normalized spacial score (nSPS) is 12.3. The lowest BCUT2D eigenvalue weighted by atomic mass is 10.2. The second-order valence-corrected chi connectivity index (χ2v) is 9.34. The summed E-state index contributed by atoms with van der Waals surface area (Å²) in [5, 5.41) is 11.8. The van der Waals surface area contributed by atoms with Crippen molar-refractivity contribution in [1.82, 2.24) is 14.4 Å². The van der Waals surface area contributed by atoms with Crippen molar-refractivity contribution in [1.29, 1.82) is 0 Å². The van der Waals surface area contributed by atoms with E-state index in [-0.39, 0.29) is 10.5 Å². The van der Waals surface area contributed by atoms with Crippen LogP contribution in [0.15, 0.2) is 70.5 Å². The van der Waals surface area contributed by atoms with Gasteiger partial charge in [-0.15, -0.1) is 0 Å². The fourth-order valence-corrected chi connectivity index (χ4v) is 4.40. The molecule has 11 nitrogen and oxygen atoms in total. The van der Waals surface area contributed by atoms with Crippen LogP contribution in [0.4, 0.5) is 0 Å². The summed E-state index contributed by atoms with van der Waals surface area (Å²) in [4.78, 5) is 36.6. The molecule has 1 amide bonds. The fourth-order valence-electron chi connectivity index (χ4n) is 3.19. The van der Waals surface area contributed by atoms with E-state index in [4.69, 9.17) is 10.5 Å². The summed E-state index contributed by atoms with van der Waals surface area (Å²) in [7, 11) is -4.12. The summed E-state index contributed by atoms with van der Waals surface area (Å²) in [5.41, 5.74) is 5.39. The Hall–Kier alpha value is -3.74. The number of nitrogens with zero attached hydrogens (tertiary/aromatic N) is 1. The molecule has 1 atom stereocenters. The van der Waals surface area contributed by atoms with Gasteiger partial charge in [0.1, 0.15) is 11.8 Å². The first kappa shape index (κ1) is 25.9. The number of nitrogens with two attached hydrogens (primary N) is 1. The van der Waals surface area contributed by atoms with Crippen molar-refractivity contribution in [3.8, 4) is 5.75 Å². The van der Waals surface area contributed by atoms with Crippen LogP contribution in [-0.4, -0.2) is 55.5 Å². The van der Waals surface area contributed by atoms with Gasteiger partial charge in [0.2, 0.25) is 10.0 Å². The summed E-state index contributed by atoms with van der Waals surface area (Å²) in [5.74, 6) is -1.71. The van der Waals surface area contributed by atoms with Crippen molar-refractivity contribution in [2.75, 3.05) is 19.7 Å². The van der Waals surface area contributed by atoms with Gasteiger partial charge in [0, 0.05) is 23.7 Å². The number of carboxylic acid groups (broad SMARTS) is 1. The number of fused-ring (bicyclic) bond motifs is 1. The third kappa shape index (κ3) is 6.88. The highest BCUT2D eigenvalue weighted by Gasteiger charge is 2.26. The van der Waals surface area contributed by atoms with Gasteiger partial charge < -0.3 is 20.9 Å². The number of hydrogen-bond donors (Lipinski definition) is 4. The molecule has 186 valence electrons. The molecule has 35 heavy (non-hydrogen) atoms. The van der Waals surface area contributed by atoms with Crippen molar-refractivity contribution in [3.63, 3.8) is 0 Å². The summed E-state index contributed by atoms with van der Waals surface area (Å²) in [6.45, 7) is 0.489. The molecule has 3 aromatic rings. The maximum atomic E-state index is 12.6. The van der Waals surface area contributed by atoms with Gasteiger partial charge in [-0.3, -0.25) is 18.8 Å². The second kappa shape index (κ2) is 11.6. The highest BCUT2D eigenvalue weighted by molar-refractivity contribution is 7.89. The maximum absolute atomic E-state index is 12.6. The van der Waals surface area contributed by atoms with Gasteiger partial charge >= 0.3 is 5.97 Å². The van der Waals surface area contributed by atoms with Crippen LogP contribution in [0.25, 0.3) is 5.52 Å². The van der Waals surface area contributed by atoms with Gasteiger partial charge in [0.15, 0.2) is 0 Å². The molecule has 0 radical (unpaired) electrons. The molecule has 0 fully saturated rings. The van der Waals surface area contributed by atoms with Gasteiger partial charge in [-0.25, -0.2) is 8.42 Å². The zero-order valence-electron chi connectivity index (χ0n) is 18.7. The molecule has 0 aliphatic carbocycles. The van der Waals surface area contributed by atoms with Crippen molar-refractivity contribution >= 4 is 27.4 Å². The molecule has 0 saturated heterocycles. The number of nitrogens with one attached hydrogen (secondary N) is 2.